The minimum atomic E-state index is -4.37. The summed E-state index contributed by atoms with van der Waals surface area (Å²) in [5.74, 6) is -9.47. The third kappa shape index (κ3) is 8.71. The molecule has 3 aromatic carbocycles. The summed E-state index contributed by atoms with van der Waals surface area (Å²) >= 11 is 6.62. The fourth-order valence-electron chi connectivity index (χ4n) is 8.82. The smallest absolute Gasteiger partial charge is 0.344 e. The molecule has 0 radical (unpaired) electrons. The largest absolute Gasteiger partial charge is 0.389 e. The molecule has 1 amide bonds. The highest BCUT2D eigenvalue weighted by Crippen LogP contribution is 2.68. The van der Waals surface area contributed by atoms with Gasteiger partial charge in [0, 0.05) is 55.7 Å². The molecule has 2 N–H and O–H groups in total. The highest BCUT2D eigenvalue weighted by Gasteiger charge is 2.67. The van der Waals surface area contributed by atoms with Crippen LogP contribution in [0.4, 0.5) is 45.3 Å². The quantitative estimate of drug-likeness (QED) is 0.103. The van der Waals surface area contributed by atoms with Crippen LogP contribution in [-0.4, -0.2) is 65.6 Å². The Balaban J connectivity index is 1.22. The van der Waals surface area contributed by atoms with Gasteiger partial charge in [0.05, 0.1) is 50.5 Å². The topological polar surface area (TPSA) is 164 Å². The summed E-state index contributed by atoms with van der Waals surface area (Å²) in [6.07, 6.45) is -7.17. The second-order valence-corrected chi connectivity index (χ2v) is 18.6. The van der Waals surface area contributed by atoms with Crippen LogP contribution < -0.4 is 15.6 Å². The van der Waals surface area contributed by atoms with Gasteiger partial charge in [-0.15, -0.1) is 0 Å². The number of aromatic nitrogens is 8. The summed E-state index contributed by atoms with van der Waals surface area (Å²) in [6.45, 7) is -1.12. The number of aryl methyl sites for hydroxylation is 2. The van der Waals surface area contributed by atoms with Crippen molar-refractivity contribution in [3.05, 3.63) is 116 Å². The average molecular weight is 981 g/mol. The molecule has 0 saturated heterocycles. The Morgan fingerprint density at radius 1 is 1.01 bits per heavy atom. The molecular weight excluding hydrogens is 947 g/mol. The van der Waals surface area contributed by atoms with E-state index in [-0.39, 0.29) is 80.4 Å². The first-order chi connectivity index (χ1) is 31.5. The number of sulfonamides is 1. The Bertz CT molecular complexity index is 3310. The number of nitrogens with one attached hydrogen (secondary N) is 2. The Labute approximate surface area is 377 Å². The molecule has 352 valence electrons. The normalized spacial score (nSPS) is 17.0. The van der Waals surface area contributed by atoms with Crippen LogP contribution in [0.3, 0.4) is 0 Å². The van der Waals surface area contributed by atoms with Gasteiger partial charge in [-0.05, 0) is 66.8 Å². The van der Waals surface area contributed by atoms with E-state index < -0.39 is 100 Å². The van der Waals surface area contributed by atoms with Gasteiger partial charge < -0.3 is 5.32 Å². The lowest BCUT2D eigenvalue weighted by atomic mass is 10.0. The van der Waals surface area contributed by atoms with Crippen molar-refractivity contribution in [3.8, 4) is 16.9 Å². The van der Waals surface area contributed by atoms with Gasteiger partial charge in [0.15, 0.2) is 5.82 Å². The molecule has 4 aromatic heterocycles. The highest BCUT2D eigenvalue weighted by atomic mass is 35.5. The number of anilines is 1. The molecule has 1 saturated carbocycles. The third-order valence-corrected chi connectivity index (χ3v) is 12.5. The van der Waals surface area contributed by atoms with Crippen LogP contribution in [0.15, 0.2) is 65.6 Å². The third-order valence-electron chi connectivity index (χ3n) is 11.6. The van der Waals surface area contributed by atoms with Crippen molar-refractivity contribution < 1.29 is 52.7 Å². The fourth-order valence-corrected chi connectivity index (χ4v) is 9.56. The molecule has 67 heavy (non-hydrogen) atoms. The van der Waals surface area contributed by atoms with Crippen molar-refractivity contribution in [2.24, 2.45) is 13.0 Å². The number of rotatable bonds is 14. The van der Waals surface area contributed by atoms with Crippen molar-refractivity contribution in [1.82, 2.24) is 44.2 Å². The molecule has 3 atom stereocenters. The predicted molar refractivity (Wildman–Crippen MR) is 224 cm³/mol. The zero-order valence-corrected chi connectivity index (χ0v) is 36.3. The van der Waals surface area contributed by atoms with Crippen LogP contribution in [0.1, 0.15) is 66.0 Å². The minimum Gasteiger partial charge on any atom is -0.344 e. The van der Waals surface area contributed by atoms with E-state index in [2.05, 4.69) is 25.3 Å². The number of halogens is 10. The molecule has 9 rings (SSSR count). The molecule has 2 aliphatic carbocycles. The number of carbonyl (C=O) groups is 1. The van der Waals surface area contributed by atoms with E-state index in [9.17, 15) is 43.9 Å². The molecule has 14 nitrogen and oxygen atoms in total. The van der Waals surface area contributed by atoms with Crippen LogP contribution in [0.5, 0.6) is 0 Å². The molecule has 0 spiro atoms. The monoisotopic (exact) mass is 980 g/mol. The molecule has 0 unspecified atom stereocenters. The number of hydrogen-bond acceptors (Lipinski definition) is 8. The van der Waals surface area contributed by atoms with E-state index in [0.717, 1.165) is 23.0 Å². The second-order valence-electron chi connectivity index (χ2n) is 16.4. The van der Waals surface area contributed by atoms with E-state index in [1.165, 1.54) is 59.0 Å². The standard InChI is InChI=1S/C42H34ClF9N10O4S/c1-59-35-30(7-6-26(43)33(35)38(57-59)58-67(2,65)66)62-39(54-28-15-20(4-5-23(28)40(62)64)27-8-11-60(55-27)10-3-9-41(48,49)50)29(14-19-12-21(44)16-22(45)13-19)53-31(63)18-61-36-32(34(56-61)37(46)47)24-17-25(24)42(36,51)52/h4-8,11-13,15-16,24-25,29,37H,3,9-10,14,17-18H2,1-2H3,(H,53,63)(H,57,58)/t24-,25+,29-/m0/s1. The van der Waals surface area contributed by atoms with Crippen LogP contribution >= 0.6 is 11.6 Å². The SMILES string of the molecule is Cn1nc(NS(C)(=O)=O)c2c(Cl)ccc(-n3c([C@H](Cc4cc(F)cc(F)c4)NC(=O)Cn4nc(C(F)F)c5c4C(F)(F)[C@@H]4C[C@H]54)nc4cc(-c5ccn(CCCC(F)(F)F)n5)ccc4c3=O)c21. The maximum atomic E-state index is 15.6. The van der Waals surface area contributed by atoms with Crippen molar-refractivity contribution in [1.29, 1.82) is 0 Å². The van der Waals surface area contributed by atoms with Gasteiger partial charge in [-0.1, -0.05) is 17.7 Å². The van der Waals surface area contributed by atoms with Crippen molar-refractivity contribution in [3.63, 3.8) is 0 Å². The molecule has 0 bridgehead atoms. The molecule has 4 heterocycles. The molecule has 1 fully saturated rings. The maximum Gasteiger partial charge on any atom is 0.389 e. The summed E-state index contributed by atoms with van der Waals surface area (Å²) in [6, 6.07) is 9.35. The van der Waals surface area contributed by atoms with Gasteiger partial charge in [0.1, 0.15) is 35.4 Å². The van der Waals surface area contributed by atoms with Gasteiger partial charge in [-0.3, -0.25) is 32.9 Å². The van der Waals surface area contributed by atoms with Crippen molar-refractivity contribution in [2.45, 2.75) is 69.3 Å². The first-order valence-corrected chi connectivity index (χ1v) is 22.6. The van der Waals surface area contributed by atoms with Crippen LogP contribution in [-0.2, 0) is 47.3 Å². The number of nitrogens with zero attached hydrogens (tertiary/aromatic N) is 8. The second kappa shape index (κ2) is 16.4. The van der Waals surface area contributed by atoms with Gasteiger partial charge >= 0.3 is 6.18 Å². The number of alkyl halides is 7. The number of fused-ring (bicyclic) bond motifs is 5. The zero-order chi connectivity index (χ0) is 48.1. The van der Waals surface area contributed by atoms with Gasteiger partial charge in [0.2, 0.25) is 15.9 Å². The van der Waals surface area contributed by atoms with E-state index in [1.54, 1.807) is 0 Å². The molecule has 2 aliphatic rings. The lowest BCUT2D eigenvalue weighted by Crippen LogP contribution is -2.38. The minimum absolute atomic E-state index is 0.0142. The number of amides is 1. The fraction of sp³-hybridized carbons (Fsp3) is 0.333. The summed E-state index contributed by atoms with van der Waals surface area (Å²) < 4.78 is 159. The van der Waals surface area contributed by atoms with Crippen LogP contribution in [0.25, 0.3) is 38.8 Å². The van der Waals surface area contributed by atoms with Crippen molar-refractivity contribution >= 4 is 55.2 Å². The predicted octanol–water partition coefficient (Wildman–Crippen LogP) is 8.22. The van der Waals surface area contributed by atoms with Gasteiger partial charge in [0.25, 0.3) is 17.9 Å². The highest BCUT2D eigenvalue weighted by molar-refractivity contribution is 7.92. The van der Waals surface area contributed by atoms with Gasteiger partial charge in [-0.25, -0.2) is 31.0 Å². The van der Waals surface area contributed by atoms with Crippen LogP contribution in [0, 0.1) is 17.6 Å². The number of carbonyl (C=O) groups excluding carboxylic acids is 1. The Hall–Kier alpha value is -6.43. The Morgan fingerprint density at radius 3 is 2.43 bits per heavy atom. The maximum absolute atomic E-state index is 15.6. The zero-order valence-electron chi connectivity index (χ0n) is 34.7. The lowest BCUT2D eigenvalue weighted by Gasteiger charge is -2.24. The summed E-state index contributed by atoms with van der Waals surface area (Å²) in [5.41, 5.74) is -2.43. The van der Waals surface area contributed by atoms with Crippen LogP contribution in [0.2, 0.25) is 5.02 Å². The van der Waals surface area contributed by atoms with Gasteiger partial charge in [-0.2, -0.15) is 37.2 Å². The first-order valence-electron chi connectivity index (χ1n) is 20.3. The summed E-state index contributed by atoms with van der Waals surface area (Å²) in [4.78, 5) is 34.1. The Kier molecular flexibility index (Phi) is 11.2. The molecule has 0 aliphatic heterocycles. The number of hydrogen-bond donors (Lipinski definition) is 2. The average Bonchev–Trinajstić information content (AvgIpc) is 3.43. The van der Waals surface area contributed by atoms with E-state index >= 15 is 13.6 Å². The summed E-state index contributed by atoms with van der Waals surface area (Å²) in [5, 5.41) is 14.9. The van der Waals surface area contributed by atoms with Crippen molar-refractivity contribution in [2.75, 3.05) is 11.0 Å². The van der Waals surface area contributed by atoms with E-state index in [0.29, 0.717) is 16.3 Å². The molecule has 7 aromatic rings. The summed E-state index contributed by atoms with van der Waals surface area (Å²) in [7, 11) is -2.55. The van der Waals surface area contributed by atoms with E-state index in [4.69, 9.17) is 16.6 Å². The first kappa shape index (κ1) is 45.7. The molecular formula is C42H34ClF9N10O4S. The molecule has 25 heteroatoms. The Morgan fingerprint density at radius 2 is 1.75 bits per heavy atom. The van der Waals surface area contributed by atoms with E-state index in [1.807, 2.05) is 0 Å². The number of benzene rings is 3. The lowest BCUT2D eigenvalue weighted by molar-refractivity contribution is -0.136.